The number of ether oxygens (including phenoxy) is 1. The summed E-state index contributed by atoms with van der Waals surface area (Å²) in [6.45, 7) is 4.39. The summed E-state index contributed by atoms with van der Waals surface area (Å²) < 4.78 is 7.92. The Kier molecular flexibility index (Phi) is 4.56. The van der Waals surface area contributed by atoms with Gasteiger partial charge in [-0.15, -0.1) is 0 Å². The number of aromatic nitrogens is 2. The van der Waals surface area contributed by atoms with Crippen molar-refractivity contribution < 1.29 is 4.74 Å². The second kappa shape index (κ2) is 6.98. The maximum absolute atomic E-state index is 5.51. The van der Waals surface area contributed by atoms with Crippen LogP contribution in [-0.4, -0.2) is 34.7 Å². The predicted molar refractivity (Wildman–Crippen MR) is 95.2 cm³/mol. The van der Waals surface area contributed by atoms with Gasteiger partial charge in [-0.1, -0.05) is 18.2 Å². The van der Waals surface area contributed by atoms with E-state index in [1.807, 2.05) is 12.3 Å². The fraction of sp³-hybridized carbons (Fsp3) is 0.550. The van der Waals surface area contributed by atoms with E-state index in [0.717, 1.165) is 31.3 Å². The Hall–Kier alpha value is -1.81. The molecule has 128 valence electrons. The van der Waals surface area contributed by atoms with Crippen molar-refractivity contribution in [1.29, 1.82) is 0 Å². The maximum Gasteiger partial charge on any atom is 0.123 e. The minimum atomic E-state index is 0.558. The molecule has 1 saturated heterocycles. The molecule has 1 atom stereocenters. The normalized spacial score (nSPS) is 21.8. The van der Waals surface area contributed by atoms with E-state index in [4.69, 9.17) is 9.72 Å². The van der Waals surface area contributed by atoms with Crippen LogP contribution in [0.3, 0.4) is 0 Å². The minimum absolute atomic E-state index is 0.558. The zero-order valence-corrected chi connectivity index (χ0v) is 14.5. The first-order valence-corrected chi connectivity index (χ1v) is 9.19. The molecule has 0 unspecified atom stereocenters. The molecule has 1 saturated carbocycles. The maximum atomic E-state index is 5.51. The van der Waals surface area contributed by atoms with E-state index >= 15 is 0 Å². The largest absolute Gasteiger partial charge is 0.496 e. The first-order valence-electron chi connectivity index (χ1n) is 9.19. The Balaban J connectivity index is 1.45. The molecule has 1 aliphatic heterocycles. The van der Waals surface area contributed by atoms with Gasteiger partial charge in [-0.2, -0.15) is 0 Å². The number of para-hydroxylation sites is 1. The quantitative estimate of drug-likeness (QED) is 0.811. The standard InChI is InChI=1S/C20H27N3O/c1-24-19-7-3-2-5-17(19)14-22-11-4-6-18(15-22)20-21-10-12-23(20)13-16-8-9-16/h2-3,5,7,10,12,16,18H,4,6,8-9,11,13-15H2,1H3/t18-/m0/s1. The van der Waals surface area contributed by atoms with E-state index in [-0.39, 0.29) is 0 Å². The van der Waals surface area contributed by atoms with Gasteiger partial charge in [0.15, 0.2) is 0 Å². The van der Waals surface area contributed by atoms with Crippen molar-refractivity contribution >= 4 is 0 Å². The van der Waals surface area contributed by atoms with E-state index in [1.165, 1.54) is 43.6 Å². The lowest BCUT2D eigenvalue weighted by molar-refractivity contribution is 0.192. The van der Waals surface area contributed by atoms with Crippen LogP contribution in [0.15, 0.2) is 36.7 Å². The van der Waals surface area contributed by atoms with Crippen molar-refractivity contribution in [3.63, 3.8) is 0 Å². The summed E-state index contributed by atoms with van der Waals surface area (Å²) in [6.07, 6.45) is 9.44. The van der Waals surface area contributed by atoms with Crippen LogP contribution in [0.25, 0.3) is 0 Å². The molecular weight excluding hydrogens is 298 g/mol. The lowest BCUT2D eigenvalue weighted by atomic mass is 9.96. The van der Waals surface area contributed by atoms with Gasteiger partial charge in [0.25, 0.3) is 0 Å². The molecule has 1 aromatic heterocycles. The molecule has 2 aromatic rings. The second-order valence-corrected chi connectivity index (χ2v) is 7.27. The van der Waals surface area contributed by atoms with Crippen LogP contribution in [0.4, 0.5) is 0 Å². The number of piperidine rings is 1. The molecule has 0 amide bonds. The number of benzene rings is 1. The SMILES string of the molecule is COc1ccccc1CN1CCC[C@H](c2nccn2CC2CC2)C1. The highest BCUT2D eigenvalue weighted by molar-refractivity contribution is 5.33. The van der Waals surface area contributed by atoms with Gasteiger partial charge < -0.3 is 9.30 Å². The molecule has 0 radical (unpaired) electrons. The smallest absolute Gasteiger partial charge is 0.123 e. The van der Waals surface area contributed by atoms with Gasteiger partial charge in [0.2, 0.25) is 0 Å². The molecular formula is C20H27N3O. The monoisotopic (exact) mass is 325 g/mol. The van der Waals surface area contributed by atoms with Crippen LogP contribution in [-0.2, 0) is 13.1 Å². The molecule has 0 N–H and O–H groups in total. The number of imidazole rings is 1. The van der Waals surface area contributed by atoms with Gasteiger partial charge in [-0.25, -0.2) is 4.98 Å². The van der Waals surface area contributed by atoms with Gasteiger partial charge in [-0.05, 0) is 44.2 Å². The fourth-order valence-corrected chi connectivity index (χ4v) is 3.90. The van der Waals surface area contributed by atoms with E-state index in [9.17, 15) is 0 Å². The Labute approximate surface area is 144 Å². The number of methoxy groups -OCH3 is 1. The Morgan fingerprint density at radius 1 is 1.21 bits per heavy atom. The van der Waals surface area contributed by atoms with E-state index in [0.29, 0.717) is 5.92 Å². The molecule has 4 heteroatoms. The van der Waals surface area contributed by atoms with Gasteiger partial charge in [0.1, 0.15) is 11.6 Å². The first kappa shape index (κ1) is 15.7. The molecule has 1 aliphatic carbocycles. The lowest BCUT2D eigenvalue weighted by Crippen LogP contribution is -2.35. The van der Waals surface area contributed by atoms with Crippen molar-refractivity contribution in [1.82, 2.24) is 14.5 Å². The summed E-state index contributed by atoms with van der Waals surface area (Å²) in [4.78, 5) is 7.27. The zero-order chi connectivity index (χ0) is 16.4. The Morgan fingerprint density at radius 2 is 2.08 bits per heavy atom. The van der Waals surface area contributed by atoms with Crippen molar-refractivity contribution in [2.75, 3.05) is 20.2 Å². The highest BCUT2D eigenvalue weighted by Gasteiger charge is 2.28. The van der Waals surface area contributed by atoms with E-state index < -0.39 is 0 Å². The molecule has 0 bridgehead atoms. The molecule has 0 spiro atoms. The van der Waals surface area contributed by atoms with Crippen molar-refractivity contribution in [3.05, 3.63) is 48.0 Å². The molecule has 2 fully saturated rings. The van der Waals surface area contributed by atoms with Crippen molar-refractivity contribution in [2.24, 2.45) is 5.92 Å². The predicted octanol–water partition coefficient (Wildman–Crippen LogP) is 3.68. The van der Waals surface area contributed by atoms with Crippen LogP contribution in [0.1, 0.15) is 43.0 Å². The van der Waals surface area contributed by atoms with Crippen LogP contribution < -0.4 is 4.74 Å². The van der Waals surface area contributed by atoms with Gasteiger partial charge >= 0.3 is 0 Å². The third kappa shape index (κ3) is 3.48. The van der Waals surface area contributed by atoms with Crippen LogP contribution in [0, 0.1) is 5.92 Å². The molecule has 24 heavy (non-hydrogen) atoms. The van der Waals surface area contributed by atoms with E-state index in [2.05, 4.69) is 33.9 Å². The van der Waals surface area contributed by atoms with Crippen molar-refractivity contribution in [2.45, 2.75) is 44.7 Å². The number of rotatable bonds is 6. The van der Waals surface area contributed by atoms with Crippen molar-refractivity contribution in [3.8, 4) is 5.75 Å². The summed E-state index contributed by atoms with van der Waals surface area (Å²) in [5.41, 5.74) is 1.28. The summed E-state index contributed by atoms with van der Waals surface area (Å²) in [5, 5.41) is 0. The summed E-state index contributed by atoms with van der Waals surface area (Å²) in [5.74, 6) is 3.75. The second-order valence-electron chi connectivity index (χ2n) is 7.27. The number of nitrogens with zero attached hydrogens (tertiary/aromatic N) is 3. The van der Waals surface area contributed by atoms with Crippen LogP contribution in [0.2, 0.25) is 0 Å². The highest BCUT2D eigenvalue weighted by Crippen LogP contribution is 2.33. The molecule has 2 heterocycles. The molecule has 4 nitrogen and oxygen atoms in total. The number of hydrogen-bond acceptors (Lipinski definition) is 3. The van der Waals surface area contributed by atoms with Crippen LogP contribution in [0.5, 0.6) is 5.75 Å². The number of hydrogen-bond donors (Lipinski definition) is 0. The Morgan fingerprint density at radius 3 is 2.92 bits per heavy atom. The Bertz CT molecular complexity index is 677. The van der Waals surface area contributed by atoms with E-state index in [1.54, 1.807) is 7.11 Å². The van der Waals surface area contributed by atoms with Gasteiger partial charge in [0.05, 0.1) is 7.11 Å². The fourth-order valence-electron chi connectivity index (χ4n) is 3.90. The topological polar surface area (TPSA) is 30.3 Å². The first-order chi connectivity index (χ1) is 11.8. The molecule has 4 rings (SSSR count). The third-order valence-corrected chi connectivity index (χ3v) is 5.36. The zero-order valence-electron chi connectivity index (χ0n) is 14.5. The lowest BCUT2D eigenvalue weighted by Gasteiger charge is -2.33. The molecule has 1 aromatic carbocycles. The average Bonchev–Trinajstić information content (AvgIpc) is 3.31. The van der Waals surface area contributed by atoms with Gasteiger partial charge in [0, 0.05) is 43.5 Å². The van der Waals surface area contributed by atoms with Gasteiger partial charge in [-0.3, -0.25) is 4.90 Å². The minimum Gasteiger partial charge on any atom is -0.496 e. The third-order valence-electron chi connectivity index (χ3n) is 5.36. The summed E-state index contributed by atoms with van der Waals surface area (Å²) in [6, 6.07) is 8.37. The highest BCUT2D eigenvalue weighted by atomic mass is 16.5. The average molecular weight is 325 g/mol. The number of likely N-dealkylation sites (tertiary alicyclic amines) is 1. The molecule has 2 aliphatic rings. The summed E-state index contributed by atoms with van der Waals surface area (Å²) >= 11 is 0. The summed E-state index contributed by atoms with van der Waals surface area (Å²) in [7, 11) is 1.76. The van der Waals surface area contributed by atoms with Crippen LogP contribution >= 0.6 is 0 Å².